The summed E-state index contributed by atoms with van der Waals surface area (Å²) in [5, 5.41) is 13.3. The Morgan fingerprint density at radius 2 is 1.65 bits per heavy atom. The van der Waals surface area contributed by atoms with E-state index in [0.29, 0.717) is 30.8 Å². The molecule has 0 aliphatic carbocycles. The molecule has 0 saturated heterocycles. The molecule has 186 valence electrons. The molecular formula is C25H36FN5O3. The zero-order valence-corrected chi connectivity index (χ0v) is 20.2. The van der Waals surface area contributed by atoms with Crippen molar-refractivity contribution in [3.63, 3.8) is 0 Å². The summed E-state index contributed by atoms with van der Waals surface area (Å²) in [6.07, 6.45) is 9.03. The van der Waals surface area contributed by atoms with Gasteiger partial charge in [0.2, 0.25) is 0 Å². The van der Waals surface area contributed by atoms with Gasteiger partial charge in [-0.1, -0.05) is 50.7 Å². The van der Waals surface area contributed by atoms with Gasteiger partial charge in [0.15, 0.2) is 11.2 Å². The maximum Gasteiger partial charge on any atom is 0.332 e. The molecule has 2 heterocycles. The second kappa shape index (κ2) is 12.6. The number of aromatic nitrogens is 4. The number of aliphatic hydroxyl groups excluding tert-OH is 1. The predicted octanol–water partition coefficient (Wildman–Crippen LogP) is 2.84. The van der Waals surface area contributed by atoms with Crippen LogP contribution in [0.15, 0.2) is 40.2 Å². The lowest BCUT2D eigenvalue weighted by molar-refractivity contribution is 0.157. The molecule has 3 aromatic rings. The van der Waals surface area contributed by atoms with Crippen LogP contribution in [0.4, 0.5) is 4.39 Å². The van der Waals surface area contributed by atoms with Crippen molar-refractivity contribution in [1.29, 1.82) is 0 Å². The van der Waals surface area contributed by atoms with E-state index in [1.807, 2.05) is 0 Å². The molecule has 34 heavy (non-hydrogen) atoms. The number of aliphatic hydroxyl groups is 1. The van der Waals surface area contributed by atoms with Gasteiger partial charge in [0.05, 0.1) is 12.4 Å². The summed E-state index contributed by atoms with van der Waals surface area (Å²) in [7, 11) is 3.40. The second-order valence-corrected chi connectivity index (χ2v) is 9.00. The van der Waals surface area contributed by atoms with E-state index in [4.69, 9.17) is 0 Å². The minimum Gasteiger partial charge on any atom is -0.392 e. The van der Waals surface area contributed by atoms with E-state index in [0.717, 1.165) is 56.9 Å². The Kier molecular flexibility index (Phi) is 9.59. The number of aryl methyl sites for hydroxylation is 2. The van der Waals surface area contributed by atoms with Crippen molar-refractivity contribution in [3.05, 3.63) is 62.8 Å². The van der Waals surface area contributed by atoms with Crippen molar-refractivity contribution in [2.75, 3.05) is 6.54 Å². The molecule has 2 N–H and O–H groups in total. The number of nitrogens with one attached hydrogen (secondary N) is 1. The van der Waals surface area contributed by atoms with Crippen LogP contribution in [0.2, 0.25) is 0 Å². The van der Waals surface area contributed by atoms with Gasteiger partial charge in [-0.2, -0.15) is 0 Å². The molecule has 1 atom stereocenters. The van der Waals surface area contributed by atoms with Gasteiger partial charge in [-0.3, -0.25) is 13.9 Å². The van der Waals surface area contributed by atoms with Crippen molar-refractivity contribution in [1.82, 2.24) is 24.0 Å². The molecule has 0 amide bonds. The molecule has 0 saturated carbocycles. The van der Waals surface area contributed by atoms with Crippen molar-refractivity contribution >= 4 is 11.2 Å². The summed E-state index contributed by atoms with van der Waals surface area (Å²) in [6.45, 7) is 1.57. The highest BCUT2D eigenvalue weighted by atomic mass is 19.1. The molecule has 0 bridgehead atoms. The smallest absolute Gasteiger partial charge is 0.332 e. The van der Waals surface area contributed by atoms with E-state index in [9.17, 15) is 19.1 Å². The van der Waals surface area contributed by atoms with E-state index >= 15 is 0 Å². The first-order valence-electron chi connectivity index (χ1n) is 12.1. The molecule has 0 spiro atoms. The van der Waals surface area contributed by atoms with Crippen LogP contribution in [0, 0.1) is 5.82 Å². The fourth-order valence-corrected chi connectivity index (χ4v) is 4.21. The van der Waals surface area contributed by atoms with Crippen LogP contribution in [0.1, 0.15) is 56.9 Å². The number of nitrogens with zero attached hydrogens (tertiary/aromatic N) is 4. The molecule has 9 heteroatoms. The van der Waals surface area contributed by atoms with Crippen LogP contribution in [0.25, 0.3) is 11.2 Å². The van der Waals surface area contributed by atoms with Crippen molar-refractivity contribution in [2.45, 2.75) is 70.6 Å². The number of benzene rings is 1. The summed E-state index contributed by atoms with van der Waals surface area (Å²) in [4.78, 5) is 29.3. The number of imidazole rings is 1. The maximum atomic E-state index is 12.9. The van der Waals surface area contributed by atoms with Crippen molar-refractivity contribution < 1.29 is 9.50 Å². The fraction of sp³-hybridized carbons (Fsp3) is 0.560. The number of hydrogen-bond acceptors (Lipinski definition) is 5. The predicted molar refractivity (Wildman–Crippen MR) is 131 cm³/mol. The largest absolute Gasteiger partial charge is 0.392 e. The van der Waals surface area contributed by atoms with Gasteiger partial charge >= 0.3 is 5.69 Å². The zero-order chi connectivity index (χ0) is 24.5. The maximum absolute atomic E-state index is 12.9. The Bertz CT molecular complexity index is 1170. The molecule has 0 aliphatic heterocycles. The first-order valence-corrected chi connectivity index (χ1v) is 12.1. The number of rotatable bonds is 14. The monoisotopic (exact) mass is 473 g/mol. The van der Waals surface area contributed by atoms with Gasteiger partial charge in [0.25, 0.3) is 5.56 Å². The topological polar surface area (TPSA) is 94.1 Å². The number of fused-ring (bicyclic) bond motifs is 1. The Morgan fingerprint density at radius 3 is 2.35 bits per heavy atom. The second-order valence-electron chi connectivity index (χ2n) is 9.00. The molecule has 0 fully saturated rings. The van der Waals surface area contributed by atoms with Crippen LogP contribution in [0.5, 0.6) is 0 Å². The van der Waals surface area contributed by atoms with Crippen LogP contribution >= 0.6 is 0 Å². The van der Waals surface area contributed by atoms with Gasteiger partial charge in [-0.05, 0) is 30.5 Å². The van der Waals surface area contributed by atoms with Gasteiger partial charge in [0.1, 0.15) is 5.82 Å². The number of halogens is 1. The van der Waals surface area contributed by atoms with E-state index < -0.39 is 0 Å². The number of unbranched alkanes of at least 4 members (excludes halogenated alkanes) is 6. The third-order valence-electron chi connectivity index (χ3n) is 6.24. The lowest BCUT2D eigenvalue weighted by atomic mass is 10.1. The quantitative estimate of drug-likeness (QED) is 0.351. The molecule has 8 nitrogen and oxygen atoms in total. The standard InChI is InChI=1S/C25H36FN5O3/c1-29-18-28-23-22(29)24(33)31(25(34)30(23)2)15-9-7-5-3-4-6-8-10-21(32)17-27-16-19-11-13-20(26)14-12-19/h11-14,18,21,27,32H,3-10,15-17H2,1-2H3. The minimum absolute atomic E-state index is 0.243. The molecule has 1 aromatic carbocycles. The Morgan fingerprint density at radius 1 is 1.00 bits per heavy atom. The molecule has 3 rings (SSSR count). The lowest BCUT2D eigenvalue weighted by Crippen LogP contribution is -2.39. The van der Waals surface area contributed by atoms with E-state index in [1.54, 1.807) is 37.1 Å². The van der Waals surface area contributed by atoms with Gasteiger partial charge in [-0.25, -0.2) is 14.2 Å². The van der Waals surface area contributed by atoms with Crippen LogP contribution in [0.3, 0.4) is 0 Å². The molecule has 0 radical (unpaired) electrons. The van der Waals surface area contributed by atoms with Crippen LogP contribution in [-0.4, -0.2) is 36.4 Å². The van der Waals surface area contributed by atoms with Crippen LogP contribution < -0.4 is 16.6 Å². The Labute approximate surface area is 199 Å². The van der Waals surface area contributed by atoms with Crippen molar-refractivity contribution in [3.8, 4) is 0 Å². The molecular weight excluding hydrogens is 437 g/mol. The van der Waals surface area contributed by atoms with Gasteiger partial charge in [-0.15, -0.1) is 0 Å². The van der Waals surface area contributed by atoms with E-state index in [2.05, 4.69) is 10.3 Å². The number of hydrogen-bond donors (Lipinski definition) is 2. The highest BCUT2D eigenvalue weighted by Crippen LogP contribution is 2.11. The summed E-state index contributed by atoms with van der Waals surface area (Å²) in [6, 6.07) is 6.36. The zero-order valence-electron chi connectivity index (χ0n) is 20.2. The fourth-order valence-electron chi connectivity index (χ4n) is 4.21. The normalized spacial score (nSPS) is 12.5. The summed E-state index contributed by atoms with van der Waals surface area (Å²) in [5.74, 6) is -0.243. The van der Waals surface area contributed by atoms with E-state index in [-0.39, 0.29) is 23.2 Å². The third-order valence-corrected chi connectivity index (χ3v) is 6.24. The summed E-state index contributed by atoms with van der Waals surface area (Å²) in [5.41, 5.74) is 1.28. The van der Waals surface area contributed by atoms with Gasteiger partial charge in [0, 0.05) is 33.7 Å². The summed E-state index contributed by atoms with van der Waals surface area (Å²) < 4.78 is 17.3. The average Bonchev–Trinajstić information content (AvgIpc) is 3.21. The SMILES string of the molecule is Cn1cnc2c1c(=O)n(CCCCCCCCCC(O)CNCc1ccc(F)cc1)c(=O)n2C. The van der Waals surface area contributed by atoms with Crippen LogP contribution in [-0.2, 0) is 27.2 Å². The highest BCUT2D eigenvalue weighted by Gasteiger charge is 2.14. The first kappa shape index (κ1) is 25.8. The van der Waals surface area contributed by atoms with Gasteiger partial charge < -0.3 is 15.0 Å². The molecule has 2 aromatic heterocycles. The molecule has 0 aliphatic rings. The Hall–Kier alpha value is -2.78. The average molecular weight is 474 g/mol. The first-order chi connectivity index (χ1) is 16.4. The summed E-state index contributed by atoms with van der Waals surface area (Å²) >= 11 is 0. The lowest BCUT2D eigenvalue weighted by Gasteiger charge is -2.12. The Balaban J connectivity index is 1.25. The minimum atomic E-state index is -0.377. The van der Waals surface area contributed by atoms with E-state index in [1.165, 1.54) is 21.3 Å². The highest BCUT2D eigenvalue weighted by molar-refractivity contribution is 5.69. The third kappa shape index (κ3) is 6.87. The van der Waals surface area contributed by atoms with Crippen molar-refractivity contribution in [2.24, 2.45) is 14.1 Å². The molecule has 1 unspecified atom stereocenters.